The third-order valence-electron chi connectivity index (χ3n) is 3.03. The molecule has 0 saturated carbocycles. The van der Waals surface area contributed by atoms with Crippen LogP contribution in [0.3, 0.4) is 0 Å². The van der Waals surface area contributed by atoms with Gasteiger partial charge in [-0.2, -0.15) is 0 Å². The zero-order valence-electron chi connectivity index (χ0n) is 10.4. The first kappa shape index (κ1) is 14.0. The van der Waals surface area contributed by atoms with Gasteiger partial charge in [0, 0.05) is 0 Å². The van der Waals surface area contributed by atoms with Gasteiger partial charge >= 0.3 is 5.97 Å². The molecule has 0 aromatic heterocycles. The second-order valence-corrected chi connectivity index (χ2v) is 4.37. The van der Waals surface area contributed by atoms with Crippen molar-refractivity contribution in [2.24, 2.45) is 0 Å². The van der Waals surface area contributed by atoms with Crippen molar-refractivity contribution in [2.45, 2.75) is 12.8 Å². The van der Waals surface area contributed by atoms with Crippen LogP contribution in [0, 0.1) is 11.6 Å². The average Bonchev–Trinajstić information content (AvgIpc) is 2.44. The van der Waals surface area contributed by atoms with Crippen molar-refractivity contribution in [3.63, 3.8) is 0 Å². The van der Waals surface area contributed by atoms with Crippen molar-refractivity contribution >= 4 is 5.97 Å². The summed E-state index contributed by atoms with van der Waals surface area (Å²) in [6.45, 7) is 0. The van der Waals surface area contributed by atoms with E-state index in [1.54, 1.807) is 12.1 Å². The average molecular weight is 278 g/mol. The second kappa shape index (κ2) is 5.69. The molecule has 0 aliphatic carbocycles. The summed E-state index contributed by atoms with van der Waals surface area (Å²) >= 11 is 0. The molecule has 0 heterocycles. The highest BCUT2D eigenvalue weighted by Gasteiger charge is 2.12. The molecule has 0 radical (unpaired) electrons. The highest BCUT2D eigenvalue weighted by molar-refractivity contribution is 5.87. The Morgan fingerprint density at radius 3 is 2.25 bits per heavy atom. The molecule has 0 atom stereocenters. The summed E-state index contributed by atoms with van der Waals surface area (Å²) in [7, 11) is 0. The van der Waals surface area contributed by atoms with Crippen LogP contribution < -0.4 is 0 Å². The lowest BCUT2D eigenvalue weighted by Gasteiger charge is -2.06. The summed E-state index contributed by atoms with van der Waals surface area (Å²) in [4.78, 5) is 10.7. The van der Waals surface area contributed by atoms with E-state index in [4.69, 9.17) is 10.2 Å². The monoisotopic (exact) mass is 278 g/mol. The first-order valence-corrected chi connectivity index (χ1v) is 5.97. The Bertz CT molecular complexity index is 636. The zero-order chi connectivity index (χ0) is 14.7. The fourth-order valence-electron chi connectivity index (χ4n) is 1.87. The number of phenols is 1. The Balaban J connectivity index is 2.09. The van der Waals surface area contributed by atoms with E-state index in [9.17, 15) is 13.6 Å². The molecular weight excluding hydrogens is 266 g/mol. The number of carboxylic acid groups (broad SMARTS) is 1. The van der Waals surface area contributed by atoms with Crippen molar-refractivity contribution in [3.8, 4) is 5.75 Å². The summed E-state index contributed by atoms with van der Waals surface area (Å²) in [6, 6.07) is 8.53. The lowest BCUT2D eigenvalue weighted by molar-refractivity contribution is 0.0697. The van der Waals surface area contributed by atoms with Gasteiger partial charge in [0.2, 0.25) is 0 Å². The Morgan fingerprint density at radius 2 is 1.65 bits per heavy atom. The van der Waals surface area contributed by atoms with E-state index in [-0.39, 0.29) is 17.5 Å². The van der Waals surface area contributed by atoms with Crippen LogP contribution in [0.2, 0.25) is 0 Å². The van der Waals surface area contributed by atoms with E-state index in [1.165, 1.54) is 18.2 Å². The molecule has 0 aliphatic rings. The summed E-state index contributed by atoms with van der Waals surface area (Å²) in [6.07, 6.45) is 0.744. The Labute approximate surface area is 114 Å². The molecule has 2 N–H and O–H groups in total. The number of carboxylic acids is 1. The van der Waals surface area contributed by atoms with E-state index < -0.39 is 23.4 Å². The molecule has 2 rings (SSSR count). The molecule has 5 heteroatoms. The highest BCUT2D eigenvalue weighted by atomic mass is 19.1. The van der Waals surface area contributed by atoms with Crippen LogP contribution >= 0.6 is 0 Å². The van der Waals surface area contributed by atoms with E-state index in [1.807, 2.05) is 0 Å². The predicted octanol–water partition coefficient (Wildman–Crippen LogP) is 3.15. The number of aryl methyl sites for hydroxylation is 2. The van der Waals surface area contributed by atoms with Crippen molar-refractivity contribution in [1.82, 2.24) is 0 Å². The first-order valence-electron chi connectivity index (χ1n) is 5.97. The topological polar surface area (TPSA) is 57.5 Å². The maximum atomic E-state index is 13.6. The molecule has 0 amide bonds. The molecule has 20 heavy (non-hydrogen) atoms. The maximum absolute atomic E-state index is 13.6. The van der Waals surface area contributed by atoms with Gasteiger partial charge < -0.3 is 10.2 Å². The van der Waals surface area contributed by atoms with Gasteiger partial charge in [-0.05, 0) is 42.2 Å². The minimum atomic E-state index is -1.01. The van der Waals surface area contributed by atoms with Crippen molar-refractivity contribution in [3.05, 3.63) is 64.7 Å². The number of halogens is 2. The van der Waals surface area contributed by atoms with Gasteiger partial charge in [-0.1, -0.05) is 18.2 Å². The van der Waals surface area contributed by atoms with Crippen LogP contribution in [0.15, 0.2) is 36.4 Å². The molecule has 104 valence electrons. The van der Waals surface area contributed by atoms with Gasteiger partial charge in [-0.15, -0.1) is 0 Å². The predicted molar refractivity (Wildman–Crippen MR) is 68.8 cm³/mol. The summed E-state index contributed by atoms with van der Waals surface area (Å²) in [5.74, 6) is -3.92. The SMILES string of the molecule is O=C(O)c1ccc(CCc2ccc(F)c(O)c2F)cc1. The highest BCUT2D eigenvalue weighted by Crippen LogP contribution is 2.24. The fraction of sp³-hybridized carbons (Fsp3) is 0.133. The van der Waals surface area contributed by atoms with E-state index in [2.05, 4.69) is 0 Å². The lowest BCUT2D eigenvalue weighted by atomic mass is 10.0. The fourth-order valence-corrected chi connectivity index (χ4v) is 1.87. The number of carbonyl (C=O) groups is 1. The van der Waals surface area contributed by atoms with Crippen molar-refractivity contribution in [1.29, 1.82) is 0 Å². The number of aromatic hydroxyl groups is 1. The molecule has 0 spiro atoms. The minimum Gasteiger partial charge on any atom is -0.503 e. The van der Waals surface area contributed by atoms with Crippen LogP contribution in [0.4, 0.5) is 8.78 Å². The van der Waals surface area contributed by atoms with Gasteiger partial charge in [0.25, 0.3) is 0 Å². The van der Waals surface area contributed by atoms with Crippen LogP contribution in [0.5, 0.6) is 5.75 Å². The molecular formula is C15H12F2O3. The normalized spacial score (nSPS) is 10.5. The maximum Gasteiger partial charge on any atom is 0.335 e. The van der Waals surface area contributed by atoms with Crippen LogP contribution in [-0.2, 0) is 12.8 Å². The van der Waals surface area contributed by atoms with Crippen LogP contribution in [0.25, 0.3) is 0 Å². The number of benzene rings is 2. The Morgan fingerprint density at radius 1 is 1.00 bits per heavy atom. The molecule has 0 fully saturated rings. The minimum absolute atomic E-state index is 0.180. The van der Waals surface area contributed by atoms with E-state index in [0.29, 0.717) is 6.42 Å². The number of rotatable bonds is 4. The lowest BCUT2D eigenvalue weighted by Crippen LogP contribution is -1.99. The smallest absolute Gasteiger partial charge is 0.335 e. The zero-order valence-corrected chi connectivity index (χ0v) is 10.4. The molecule has 0 saturated heterocycles. The standard InChI is InChI=1S/C15H12F2O3/c16-12-8-7-10(13(17)14(12)18)4-1-9-2-5-11(6-3-9)15(19)20/h2-3,5-8,18H,1,4H2,(H,19,20). The van der Waals surface area contributed by atoms with Gasteiger partial charge in [-0.25, -0.2) is 13.6 Å². The van der Waals surface area contributed by atoms with Crippen molar-refractivity contribution < 1.29 is 23.8 Å². The van der Waals surface area contributed by atoms with E-state index in [0.717, 1.165) is 11.6 Å². The number of hydrogen-bond acceptors (Lipinski definition) is 2. The van der Waals surface area contributed by atoms with Gasteiger partial charge in [0.15, 0.2) is 17.4 Å². The molecule has 0 aliphatic heterocycles. The molecule has 0 unspecified atom stereocenters. The van der Waals surface area contributed by atoms with Gasteiger partial charge in [0.1, 0.15) is 0 Å². The molecule has 0 bridgehead atoms. The largest absolute Gasteiger partial charge is 0.503 e. The molecule has 3 nitrogen and oxygen atoms in total. The second-order valence-electron chi connectivity index (χ2n) is 4.37. The quantitative estimate of drug-likeness (QED) is 0.903. The van der Waals surface area contributed by atoms with Crippen LogP contribution in [-0.4, -0.2) is 16.2 Å². The Hall–Kier alpha value is -2.43. The third kappa shape index (κ3) is 2.93. The molecule has 2 aromatic carbocycles. The van der Waals surface area contributed by atoms with Gasteiger partial charge in [0.05, 0.1) is 5.56 Å². The molecule has 2 aromatic rings. The van der Waals surface area contributed by atoms with Gasteiger partial charge in [-0.3, -0.25) is 0 Å². The van der Waals surface area contributed by atoms with Crippen LogP contribution in [0.1, 0.15) is 21.5 Å². The van der Waals surface area contributed by atoms with Crippen molar-refractivity contribution in [2.75, 3.05) is 0 Å². The summed E-state index contributed by atoms with van der Waals surface area (Å²) < 4.78 is 26.5. The number of aromatic carboxylic acids is 1. The van der Waals surface area contributed by atoms with E-state index >= 15 is 0 Å². The number of hydrogen-bond donors (Lipinski definition) is 2. The first-order chi connectivity index (χ1) is 9.49. The summed E-state index contributed by atoms with van der Waals surface area (Å²) in [5, 5.41) is 17.9. The Kier molecular flexibility index (Phi) is 3.98. The third-order valence-corrected chi connectivity index (χ3v) is 3.03. The number of phenolic OH excluding ortho intramolecular Hbond substituents is 1. The summed E-state index contributed by atoms with van der Waals surface area (Å²) in [5.41, 5.74) is 1.23.